The van der Waals surface area contributed by atoms with Gasteiger partial charge in [0.2, 0.25) is 0 Å². The average molecular weight is 434 g/mol. The van der Waals surface area contributed by atoms with Gasteiger partial charge in [0, 0.05) is 16.7 Å². The summed E-state index contributed by atoms with van der Waals surface area (Å²) in [5, 5.41) is 22.0. The number of nitrogens with zero attached hydrogens (tertiary/aromatic N) is 2. The standard InChI is InChI=1S/C24H19FN2O5/c25-19-7-17(23-18(8-19)12-31-13-32-23)10-27-21-6-5-16(9-20(21)22(26-30)24(27)29)15-3-1-14(11-28)2-4-15/h1-9,28,30H,10-13H2/b26-22-. The lowest BCUT2D eigenvalue weighted by molar-refractivity contribution is -0.112. The highest BCUT2D eigenvalue weighted by Crippen LogP contribution is 2.37. The van der Waals surface area contributed by atoms with Crippen LogP contribution in [0.2, 0.25) is 0 Å². The van der Waals surface area contributed by atoms with Crippen LogP contribution in [0, 0.1) is 5.82 Å². The number of rotatable bonds is 4. The van der Waals surface area contributed by atoms with Crippen LogP contribution in [0.5, 0.6) is 5.75 Å². The molecule has 0 atom stereocenters. The summed E-state index contributed by atoms with van der Waals surface area (Å²) in [6.45, 7) is 0.286. The van der Waals surface area contributed by atoms with E-state index in [4.69, 9.17) is 9.47 Å². The molecule has 8 heteroatoms. The third-order valence-electron chi connectivity index (χ3n) is 5.64. The average Bonchev–Trinajstić information content (AvgIpc) is 3.08. The van der Waals surface area contributed by atoms with Gasteiger partial charge in [0.1, 0.15) is 11.6 Å². The Bertz CT molecular complexity index is 1240. The van der Waals surface area contributed by atoms with E-state index in [1.54, 1.807) is 12.1 Å². The summed E-state index contributed by atoms with van der Waals surface area (Å²) >= 11 is 0. The summed E-state index contributed by atoms with van der Waals surface area (Å²) in [5.41, 5.74) is 4.55. The lowest BCUT2D eigenvalue weighted by Gasteiger charge is -2.24. The Hall–Kier alpha value is -3.75. The van der Waals surface area contributed by atoms with Gasteiger partial charge in [0.05, 0.1) is 25.4 Å². The van der Waals surface area contributed by atoms with E-state index in [0.29, 0.717) is 28.1 Å². The molecule has 1 amide bonds. The van der Waals surface area contributed by atoms with E-state index >= 15 is 0 Å². The van der Waals surface area contributed by atoms with Crippen LogP contribution in [0.25, 0.3) is 11.1 Å². The monoisotopic (exact) mass is 434 g/mol. The highest BCUT2D eigenvalue weighted by molar-refractivity contribution is 6.54. The molecular weight excluding hydrogens is 415 g/mol. The van der Waals surface area contributed by atoms with E-state index in [2.05, 4.69) is 5.16 Å². The van der Waals surface area contributed by atoms with Crippen molar-refractivity contribution >= 4 is 17.3 Å². The fourth-order valence-electron chi connectivity index (χ4n) is 4.09. The molecular formula is C24H19FN2O5. The Balaban J connectivity index is 1.53. The Morgan fingerprint density at radius 3 is 2.59 bits per heavy atom. The van der Waals surface area contributed by atoms with E-state index in [0.717, 1.165) is 16.7 Å². The normalized spacial score (nSPS) is 16.1. The zero-order chi connectivity index (χ0) is 22.2. The molecule has 162 valence electrons. The fourth-order valence-corrected chi connectivity index (χ4v) is 4.09. The number of fused-ring (bicyclic) bond motifs is 2. The molecule has 0 saturated heterocycles. The number of hydrogen-bond donors (Lipinski definition) is 2. The summed E-state index contributed by atoms with van der Waals surface area (Å²) in [6, 6.07) is 15.5. The molecule has 2 aliphatic rings. The highest BCUT2D eigenvalue weighted by atomic mass is 19.1. The molecule has 3 aromatic rings. The molecule has 2 heterocycles. The summed E-state index contributed by atoms with van der Waals surface area (Å²) in [7, 11) is 0. The third-order valence-corrected chi connectivity index (χ3v) is 5.64. The van der Waals surface area contributed by atoms with Gasteiger partial charge in [-0.15, -0.1) is 0 Å². The van der Waals surface area contributed by atoms with Crippen molar-refractivity contribution in [3.05, 3.63) is 82.7 Å². The summed E-state index contributed by atoms with van der Waals surface area (Å²) < 4.78 is 25.0. The minimum absolute atomic E-state index is 0.0468. The third kappa shape index (κ3) is 3.39. The van der Waals surface area contributed by atoms with Gasteiger partial charge in [-0.1, -0.05) is 35.5 Å². The Morgan fingerprint density at radius 1 is 1.06 bits per heavy atom. The first kappa shape index (κ1) is 20.2. The predicted molar refractivity (Wildman–Crippen MR) is 114 cm³/mol. The van der Waals surface area contributed by atoms with E-state index in [1.807, 2.05) is 30.3 Å². The molecule has 0 aromatic heterocycles. The number of hydrogen-bond acceptors (Lipinski definition) is 6. The lowest BCUT2D eigenvalue weighted by atomic mass is 10.00. The molecule has 32 heavy (non-hydrogen) atoms. The van der Waals surface area contributed by atoms with Crippen molar-refractivity contribution in [2.24, 2.45) is 5.16 Å². The number of carbonyl (C=O) groups excluding carboxylic acids is 1. The number of aliphatic hydroxyl groups excluding tert-OH is 1. The maximum absolute atomic E-state index is 14.2. The topological polar surface area (TPSA) is 91.6 Å². The second kappa shape index (κ2) is 8.07. The van der Waals surface area contributed by atoms with Gasteiger partial charge in [-0.2, -0.15) is 0 Å². The summed E-state index contributed by atoms with van der Waals surface area (Å²) in [6.07, 6.45) is 0. The molecule has 0 unspecified atom stereocenters. The van der Waals surface area contributed by atoms with Crippen molar-refractivity contribution in [1.29, 1.82) is 0 Å². The van der Waals surface area contributed by atoms with Gasteiger partial charge >= 0.3 is 0 Å². The van der Waals surface area contributed by atoms with Gasteiger partial charge < -0.3 is 24.7 Å². The van der Waals surface area contributed by atoms with Crippen LogP contribution in [0.1, 0.15) is 22.3 Å². The number of benzene rings is 3. The maximum atomic E-state index is 14.2. The first-order valence-corrected chi connectivity index (χ1v) is 9.99. The molecule has 0 spiro atoms. The van der Waals surface area contributed by atoms with Crippen molar-refractivity contribution in [3.63, 3.8) is 0 Å². The Morgan fingerprint density at radius 2 is 1.84 bits per heavy atom. The SMILES string of the molecule is O=C1/C(=N\O)c2cc(-c3ccc(CO)cc3)ccc2N1Cc1cc(F)cc2c1OCOC2. The highest BCUT2D eigenvalue weighted by Gasteiger charge is 2.36. The van der Waals surface area contributed by atoms with E-state index < -0.39 is 11.7 Å². The number of amides is 1. The van der Waals surface area contributed by atoms with Crippen molar-refractivity contribution in [2.75, 3.05) is 11.7 Å². The Kier molecular flexibility index (Phi) is 5.08. The van der Waals surface area contributed by atoms with E-state index in [9.17, 15) is 19.5 Å². The molecule has 7 nitrogen and oxygen atoms in total. The van der Waals surface area contributed by atoms with Crippen molar-refractivity contribution in [1.82, 2.24) is 0 Å². The molecule has 0 saturated carbocycles. The van der Waals surface area contributed by atoms with Crippen LogP contribution < -0.4 is 9.64 Å². The zero-order valence-electron chi connectivity index (χ0n) is 16.9. The Labute approximate surface area is 182 Å². The van der Waals surface area contributed by atoms with Crippen LogP contribution in [0.15, 0.2) is 59.8 Å². The van der Waals surface area contributed by atoms with Gasteiger partial charge in [-0.05, 0) is 41.0 Å². The van der Waals surface area contributed by atoms with Gasteiger partial charge in [-0.25, -0.2) is 4.39 Å². The number of halogens is 1. The van der Waals surface area contributed by atoms with Gasteiger partial charge in [0.15, 0.2) is 12.5 Å². The smallest absolute Gasteiger partial charge is 0.281 e. The number of aliphatic hydroxyl groups is 1. The van der Waals surface area contributed by atoms with Crippen LogP contribution in [0.3, 0.4) is 0 Å². The minimum atomic E-state index is -0.486. The second-order valence-electron chi connectivity index (χ2n) is 7.59. The first-order chi connectivity index (χ1) is 15.6. The number of carbonyl (C=O) groups is 1. The first-order valence-electron chi connectivity index (χ1n) is 9.99. The molecule has 3 aromatic carbocycles. The summed E-state index contributed by atoms with van der Waals surface area (Å²) in [5.74, 6) is -0.431. The van der Waals surface area contributed by atoms with Gasteiger partial charge in [-0.3, -0.25) is 4.79 Å². The van der Waals surface area contributed by atoms with Crippen LogP contribution in [-0.2, 0) is 29.3 Å². The number of ether oxygens (including phenoxy) is 2. The number of anilines is 1. The predicted octanol–water partition coefficient (Wildman–Crippen LogP) is 3.58. The van der Waals surface area contributed by atoms with E-state index in [1.165, 1.54) is 17.0 Å². The van der Waals surface area contributed by atoms with Crippen molar-refractivity contribution in [2.45, 2.75) is 19.8 Å². The lowest BCUT2D eigenvalue weighted by Crippen LogP contribution is -2.30. The van der Waals surface area contributed by atoms with Gasteiger partial charge in [0.25, 0.3) is 5.91 Å². The van der Waals surface area contributed by atoms with Crippen molar-refractivity contribution in [3.8, 4) is 16.9 Å². The maximum Gasteiger partial charge on any atom is 0.281 e. The second-order valence-corrected chi connectivity index (χ2v) is 7.59. The molecule has 2 aliphatic heterocycles. The molecule has 0 radical (unpaired) electrons. The molecule has 0 aliphatic carbocycles. The van der Waals surface area contributed by atoms with E-state index in [-0.39, 0.29) is 32.3 Å². The molecule has 0 bridgehead atoms. The minimum Gasteiger partial charge on any atom is -0.467 e. The largest absolute Gasteiger partial charge is 0.467 e. The van der Waals surface area contributed by atoms with Crippen LogP contribution in [0.4, 0.5) is 10.1 Å². The zero-order valence-corrected chi connectivity index (χ0v) is 16.9. The van der Waals surface area contributed by atoms with Crippen LogP contribution in [-0.4, -0.2) is 28.7 Å². The summed E-state index contributed by atoms with van der Waals surface area (Å²) in [4.78, 5) is 14.5. The molecule has 2 N–H and O–H groups in total. The molecule has 5 rings (SSSR count). The number of oxime groups is 1. The van der Waals surface area contributed by atoms with Crippen LogP contribution >= 0.6 is 0 Å². The quantitative estimate of drug-likeness (QED) is 0.484. The van der Waals surface area contributed by atoms with Crippen molar-refractivity contribution < 1.29 is 29.0 Å². The fraction of sp³-hybridized carbons (Fsp3) is 0.167. The molecule has 0 fully saturated rings.